The van der Waals surface area contributed by atoms with Crippen LogP contribution in [0.4, 0.5) is 0 Å². The van der Waals surface area contributed by atoms with Crippen LogP contribution in [0.2, 0.25) is 0 Å². The van der Waals surface area contributed by atoms with Gasteiger partial charge < -0.3 is 15.0 Å². The van der Waals surface area contributed by atoms with Crippen molar-refractivity contribution >= 4 is 29.9 Å². The Morgan fingerprint density at radius 3 is 2.77 bits per heavy atom. The standard InChI is InChI=1S/C19H27N5O.HI/c1-4-20-19(21-11-16-7-5-15(2)6-8-16)24-9-10-25-18(14-24)17-12-22-23(3)13-17;/h5-8,12-13,18H,4,9-11,14H2,1-3H3,(H,20,21);1H. The Morgan fingerprint density at radius 1 is 1.35 bits per heavy atom. The summed E-state index contributed by atoms with van der Waals surface area (Å²) in [7, 11) is 1.93. The fraction of sp³-hybridized carbons (Fsp3) is 0.474. The molecule has 0 spiro atoms. The van der Waals surface area contributed by atoms with Gasteiger partial charge in [-0.2, -0.15) is 5.10 Å². The van der Waals surface area contributed by atoms with Crippen molar-refractivity contribution in [2.45, 2.75) is 26.5 Å². The van der Waals surface area contributed by atoms with Crippen molar-refractivity contribution in [1.29, 1.82) is 0 Å². The molecule has 0 saturated carbocycles. The number of benzene rings is 1. The highest BCUT2D eigenvalue weighted by Crippen LogP contribution is 2.21. The maximum Gasteiger partial charge on any atom is 0.194 e. The number of rotatable bonds is 4. The highest BCUT2D eigenvalue weighted by atomic mass is 127. The second kappa shape index (κ2) is 9.91. The Kier molecular flexibility index (Phi) is 7.89. The molecule has 26 heavy (non-hydrogen) atoms. The molecule has 1 fully saturated rings. The zero-order valence-corrected chi connectivity index (χ0v) is 18.0. The third kappa shape index (κ3) is 5.44. The topological polar surface area (TPSA) is 54.7 Å². The largest absolute Gasteiger partial charge is 0.370 e. The lowest BCUT2D eigenvalue weighted by molar-refractivity contribution is -0.00805. The fourth-order valence-electron chi connectivity index (χ4n) is 2.94. The molecular weight excluding hydrogens is 441 g/mol. The minimum absolute atomic E-state index is 0. The molecule has 6 nitrogen and oxygen atoms in total. The van der Waals surface area contributed by atoms with E-state index >= 15 is 0 Å². The number of morpholine rings is 1. The Morgan fingerprint density at radius 2 is 2.12 bits per heavy atom. The number of halogens is 1. The quantitative estimate of drug-likeness (QED) is 0.425. The van der Waals surface area contributed by atoms with E-state index in [4.69, 9.17) is 9.73 Å². The molecular formula is C19H28IN5O. The number of guanidine groups is 1. The van der Waals surface area contributed by atoms with Gasteiger partial charge in [-0.1, -0.05) is 29.8 Å². The van der Waals surface area contributed by atoms with E-state index in [0.29, 0.717) is 13.2 Å². The fourth-order valence-corrected chi connectivity index (χ4v) is 2.94. The van der Waals surface area contributed by atoms with Crippen LogP contribution in [0.5, 0.6) is 0 Å². The summed E-state index contributed by atoms with van der Waals surface area (Å²) in [6.45, 7) is 8.04. The minimum Gasteiger partial charge on any atom is -0.370 e. The van der Waals surface area contributed by atoms with E-state index in [-0.39, 0.29) is 30.1 Å². The van der Waals surface area contributed by atoms with E-state index in [1.54, 1.807) is 0 Å². The lowest BCUT2D eigenvalue weighted by atomic mass is 10.1. The number of nitrogens with one attached hydrogen (secondary N) is 1. The van der Waals surface area contributed by atoms with Crippen LogP contribution in [0.25, 0.3) is 0 Å². The molecule has 0 amide bonds. The molecule has 0 bridgehead atoms. The molecule has 1 N–H and O–H groups in total. The maximum atomic E-state index is 5.93. The van der Waals surface area contributed by atoms with Crippen molar-refractivity contribution in [3.05, 3.63) is 53.3 Å². The van der Waals surface area contributed by atoms with Crippen LogP contribution in [0.15, 0.2) is 41.7 Å². The molecule has 1 aromatic carbocycles. The van der Waals surface area contributed by atoms with E-state index in [1.165, 1.54) is 11.1 Å². The molecule has 1 saturated heterocycles. The molecule has 1 aromatic heterocycles. The summed E-state index contributed by atoms with van der Waals surface area (Å²) >= 11 is 0. The van der Waals surface area contributed by atoms with E-state index in [2.05, 4.69) is 53.4 Å². The van der Waals surface area contributed by atoms with E-state index in [0.717, 1.165) is 31.2 Å². The second-order valence-corrected chi connectivity index (χ2v) is 6.41. The van der Waals surface area contributed by atoms with Gasteiger partial charge in [-0.05, 0) is 19.4 Å². The molecule has 0 aliphatic carbocycles. The molecule has 142 valence electrons. The Bertz CT molecular complexity index is 713. The normalized spacial score (nSPS) is 17.7. The van der Waals surface area contributed by atoms with Crippen molar-refractivity contribution < 1.29 is 4.74 Å². The van der Waals surface area contributed by atoms with Gasteiger partial charge in [0.25, 0.3) is 0 Å². The summed E-state index contributed by atoms with van der Waals surface area (Å²) in [5.74, 6) is 0.945. The zero-order valence-electron chi connectivity index (χ0n) is 15.7. The van der Waals surface area contributed by atoms with Crippen LogP contribution in [-0.2, 0) is 18.3 Å². The minimum atomic E-state index is 0. The number of hydrogen-bond donors (Lipinski definition) is 1. The molecule has 1 aliphatic rings. The van der Waals surface area contributed by atoms with Crippen molar-refractivity contribution in [1.82, 2.24) is 20.0 Å². The highest BCUT2D eigenvalue weighted by molar-refractivity contribution is 14.0. The Balaban J connectivity index is 0.00000243. The first-order valence-electron chi connectivity index (χ1n) is 8.84. The summed E-state index contributed by atoms with van der Waals surface area (Å²) in [5.41, 5.74) is 3.60. The smallest absolute Gasteiger partial charge is 0.194 e. The number of aliphatic imine (C=N–C) groups is 1. The first-order valence-corrected chi connectivity index (χ1v) is 8.84. The van der Waals surface area contributed by atoms with E-state index in [1.807, 2.05) is 24.1 Å². The first-order chi connectivity index (χ1) is 12.2. The monoisotopic (exact) mass is 469 g/mol. The van der Waals surface area contributed by atoms with Gasteiger partial charge in [0.2, 0.25) is 0 Å². The van der Waals surface area contributed by atoms with Crippen LogP contribution >= 0.6 is 24.0 Å². The Labute approximate surface area is 172 Å². The van der Waals surface area contributed by atoms with Gasteiger partial charge in [-0.25, -0.2) is 4.99 Å². The van der Waals surface area contributed by atoms with Gasteiger partial charge in [0, 0.05) is 31.9 Å². The molecule has 2 heterocycles. The summed E-state index contributed by atoms with van der Waals surface area (Å²) in [6.07, 6.45) is 3.93. The number of hydrogen-bond acceptors (Lipinski definition) is 3. The lowest BCUT2D eigenvalue weighted by Gasteiger charge is -2.34. The van der Waals surface area contributed by atoms with Gasteiger partial charge in [0.15, 0.2) is 5.96 Å². The van der Waals surface area contributed by atoms with Crippen LogP contribution in [0.3, 0.4) is 0 Å². The third-order valence-corrected chi connectivity index (χ3v) is 4.33. The molecule has 1 aliphatic heterocycles. The molecule has 3 rings (SSSR count). The van der Waals surface area contributed by atoms with Gasteiger partial charge in [0.1, 0.15) is 6.10 Å². The predicted molar refractivity (Wildman–Crippen MR) is 115 cm³/mol. The average molecular weight is 469 g/mol. The second-order valence-electron chi connectivity index (χ2n) is 6.41. The Hall–Kier alpha value is -1.61. The van der Waals surface area contributed by atoms with Gasteiger partial charge in [0.05, 0.1) is 25.9 Å². The summed E-state index contributed by atoms with van der Waals surface area (Å²) in [6, 6.07) is 8.54. The van der Waals surface area contributed by atoms with Crippen LogP contribution < -0.4 is 5.32 Å². The maximum absolute atomic E-state index is 5.93. The van der Waals surface area contributed by atoms with Crippen molar-refractivity contribution in [2.75, 3.05) is 26.2 Å². The summed E-state index contributed by atoms with van der Waals surface area (Å²) in [4.78, 5) is 7.10. The number of ether oxygens (including phenoxy) is 1. The molecule has 1 unspecified atom stereocenters. The first kappa shape index (κ1) is 20.7. The SMILES string of the molecule is CCNC(=NCc1ccc(C)cc1)N1CCOC(c2cnn(C)c2)C1.I. The molecule has 7 heteroatoms. The highest BCUT2D eigenvalue weighted by Gasteiger charge is 2.25. The predicted octanol–water partition coefficient (Wildman–Crippen LogP) is 2.89. The number of nitrogens with zero attached hydrogens (tertiary/aromatic N) is 4. The number of aromatic nitrogens is 2. The van der Waals surface area contributed by atoms with E-state index in [9.17, 15) is 0 Å². The summed E-state index contributed by atoms with van der Waals surface area (Å²) < 4.78 is 7.75. The molecule has 2 aromatic rings. The number of aryl methyl sites for hydroxylation is 2. The van der Waals surface area contributed by atoms with Crippen molar-refractivity contribution in [3.8, 4) is 0 Å². The van der Waals surface area contributed by atoms with Crippen LogP contribution in [0, 0.1) is 6.92 Å². The molecule has 1 atom stereocenters. The van der Waals surface area contributed by atoms with Crippen molar-refractivity contribution in [2.24, 2.45) is 12.0 Å². The van der Waals surface area contributed by atoms with Crippen LogP contribution in [0.1, 0.15) is 29.7 Å². The zero-order chi connectivity index (χ0) is 17.6. The van der Waals surface area contributed by atoms with E-state index < -0.39 is 0 Å². The summed E-state index contributed by atoms with van der Waals surface area (Å²) in [5, 5.41) is 7.66. The van der Waals surface area contributed by atoms with Gasteiger partial charge in [-0.3, -0.25) is 4.68 Å². The van der Waals surface area contributed by atoms with Gasteiger partial charge >= 0.3 is 0 Å². The lowest BCUT2D eigenvalue weighted by Crippen LogP contribution is -2.48. The van der Waals surface area contributed by atoms with Crippen LogP contribution in [-0.4, -0.2) is 46.9 Å². The van der Waals surface area contributed by atoms with Gasteiger partial charge in [-0.15, -0.1) is 24.0 Å². The van der Waals surface area contributed by atoms with Crippen molar-refractivity contribution in [3.63, 3.8) is 0 Å². The average Bonchev–Trinajstić information content (AvgIpc) is 3.07. The third-order valence-electron chi connectivity index (χ3n) is 4.33. The molecule has 0 radical (unpaired) electrons.